The van der Waals surface area contributed by atoms with E-state index in [2.05, 4.69) is 16.7 Å². The van der Waals surface area contributed by atoms with Crippen LogP contribution >= 0.6 is 0 Å². The second kappa shape index (κ2) is 10.4. The van der Waals surface area contributed by atoms with Gasteiger partial charge in [-0.2, -0.15) is 0 Å². The van der Waals surface area contributed by atoms with E-state index in [-0.39, 0.29) is 12.4 Å². The molecule has 1 atom stereocenters. The van der Waals surface area contributed by atoms with E-state index in [9.17, 15) is 0 Å². The van der Waals surface area contributed by atoms with Crippen molar-refractivity contribution in [2.24, 2.45) is 5.10 Å². The van der Waals surface area contributed by atoms with Crippen LogP contribution in [0.5, 0.6) is 5.75 Å². The molecular weight excluding hydrogens is 444 g/mol. The van der Waals surface area contributed by atoms with Gasteiger partial charge in [-0.3, -0.25) is 5.01 Å². The molecule has 0 saturated heterocycles. The molecule has 0 saturated carbocycles. The van der Waals surface area contributed by atoms with Crippen molar-refractivity contribution in [3.8, 4) is 17.0 Å². The fraction of sp³-hybridized carbons (Fsp3) is 0.269. The molecule has 4 rings (SSSR count). The van der Waals surface area contributed by atoms with Gasteiger partial charge in [0.1, 0.15) is 11.4 Å². The number of aliphatic hydroxyl groups is 1. The van der Waals surface area contributed by atoms with Gasteiger partial charge in [0, 0.05) is 45.4 Å². The second-order valence-corrected chi connectivity index (χ2v) is 8.32. The molecule has 0 aliphatic carbocycles. The van der Waals surface area contributed by atoms with E-state index in [1.807, 2.05) is 67.5 Å². The number of nitrogens with two attached hydrogens (primary N) is 1. The molecule has 1 unspecified atom stereocenters. The molecule has 1 aliphatic rings. The van der Waals surface area contributed by atoms with Crippen LogP contribution in [0.15, 0.2) is 66.4 Å². The first-order chi connectivity index (χ1) is 16.9. The third-order valence-electron chi connectivity index (χ3n) is 5.61. The zero-order valence-electron chi connectivity index (χ0n) is 20.2. The van der Waals surface area contributed by atoms with Gasteiger partial charge in [0.05, 0.1) is 24.1 Å². The molecular formula is C26H30N6O3. The highest BCUT2D eigenvalue weighted by atomic mass is 16.5. The van der Waals surface area contributed by atoms with Crippen LogP contribution in [0.25, 0.3) is 17.0 Å². The summed E-state index contributed by atoms with van der Waals surface area (Å²) in [6.07, 6.45) is 1.54. The molecule has 35 heavy (non-hydrogen) atoms. The Morgan fingerprint density at radius 3 is 2.66 bits per heavy atom. The van der Waals surface area contributed by atoms with Gasteiger partial charge >= 0.3 is 0 Å². The molecule has 2 heterocycles. The van der Waals surface area contributed by atoms with Gasteiger partial charge in [0.2, 0.25) is 12.1 Å². The SMILES string of the molecule is C=C(c1ccc(-c2cnc(N)c(C3OC(c4ccccc4OCCCO)=NN3C)n2)cc1)N(C)C. The number of hydrazone groups is 1. The first kappa shape index (κ1) is 24.0. The van der Waals surface area contributed by atoms with Gasteiger partial charge in [0.15, 0.2) is 5.82 Å². The molecule has 3 aromatic rings. The molecule has 0 spiro atoms. The first-order valence-corrected chi connectivity index (χ1v) is 11.3. The van der Waals surface area contributed by atoms with Crippen LogP contribution in [0, 0.1) is 0 Å². The number of anilines is 1. The summed E-state index contributed by atoms with van der Waals surface area (Å²) in [5.74, 6) is 1.29. The van der Waals surface area contributed by atoms with Gasteiger partial charge in [-0.05, 0) is 17.7 Å². The maximum Gasteiger partial charge on any atom is 0.244 e. The summed E-state index contributed by atoms with van der Waals surface area (Å²) >= 11 is 0. The minimum absolute atomic E-state index is 0.0614. The number of ether oxygens (including phenoxy) is 2. The second-order valence-electron chi connectivity index (χ2n) is 8.32. The Morgan fingerprint density at radius 1 is 1.20 bits per heavy atom. The van der Waals surface area contributed by atoms with Crippen molar-refractivity contribution in [1.82, 2.24) is 19.9 Å². The standard InChI is InChI=1S/C26H30N6O3/c1-17(31(2)3)18-10-12-19(13-11-18)21-16-28-24(27)23(29-21)26-32(4)30-25(35-26)20-8-5-6-9-22(20)34-15-7-14-33/h5-6,8-13,16,26,33H,1,7,14-15H2,2-4H3,(H2,27,28). The molecule has 0 fully saturated rings. The van der Waals surface area contributed by atoms with Gasteiger partial charge in [0.25, 0.3) is 0 Å². The van der Waals surface area contributed by atoms with E-state index in [0.29, 0.717) is 41.6 Å². The minimum atomic E-state index is -0.643. The lowest BCUT2D eigenvalue weighted by atomic mass is 10.1. The van der Waals surface area contributed by atoms with Crippen molar-refractivity contribution in [1.29, 1.82) is 0 Å². The Morgan fingerprint density at radius 2 is 1.94 bits per heavy atom. The molecule has 9 heteroatoms. The summed E-state index contributed by atoms with van der Waals surface area (Å²) in [5, 5.41) is 15.3. The van der Waals surface area contributed by atoms with Gasteiger partial charge in [-0.1, -0.05) is 43.0 Å². The van der Waals surface area contributed by atoms with Crippen LogP contribution in [0.2, 0.25) is 0 Å². The predicted molar refractivity (Wildman–Crippen MR) is 136 cm³/mol. The van der Waals surface area contributed by atoms with Crippen LogP contribution in [0.4, 0.5) is 5.82 Å². The Labute approximate surface area is 205 Å². The molecule has 2 aromatic carbocycles. The van der Waals surface area contributed by atoms with Crippen LogP contribution in [-0.2, 0) is 4.74 Å². The number of hydrogen-bond donors (Lipinski definition) is 2. The van der Waals surface area contributed by atoms with Crippen molar-refractivity contribution in [2.45, 2.75) is 12.6 Å². The number of rotatable bonds is 9. The highest BCUT2D eigenvalue weighted by Gasteiger charge is 2.32. The van der Waals surface area contributed by atoms with Crippen LogP contribution in [0.3, 0.4) is 0 Å². The number of nitrogen functional groups attached to an aromatic ring is 1. The Bertz CT molecular complexity index is 1230. The number of para-hydroxylation sites is 1. The Hall–Kier alpha value is -4.11. The molecule has 9 nitrogen and oxygen atoms in total. The van der Waals surface area contributed by atoms with E-state index in [4.69, 9.17) is 25.3 Å². The summed E-state index contributed by atoms with van der Waals surface area (Å²) in [6, 6.07) is 15.4. The van der Waals surface area contributed by atoms with E-state index < -0.39 is 6.23 Å². The molecule has 0 bridgehead atoms. The fourth-order valence-corrected chi connectivity index (χ4v) is 3.59. The Balaban J connectivity index is 1.57. The zero-order chi connectivity index (χ0) is 24.9. The van der Waals surface area contributed by atoms with E-state index in [1.165, 1.54) is 0 Å². The average Bonchev–Trinajstić information content (AvgIpc) is 3.25. The molecule has 0 radical (unpaired) electrons. The quantitative estimate of drug-likeness (QED) is 0.455. The summed E-state index contributed by atoms with van der Waals surface area (Å²) in [7, 11) is 5.71. The van der Waals surface area contributed by atoms with Gasteiger partial charge in [-0.15, -0.1) is 5.10 Å². The van der Waals surface area contributed by atoms with Crippen LogP contribution < -0.4 is 10.5 Å². The van der Waals surface area contributed by atoms with Crippen molar-refractivity contribution in [3.05, 3.63) is 78.1 Å². The van der Waals surface area contributed by atoms with Crippen LogP contribution in [0.1, 0.15) is 29.5 Å². The molecule has 0 amide bonds. The lowest BCUT2D eigenvalue weighted by Gasteiger charge is -2.19. The summed E-state index contributed by atoms with van der Waals surface area (Å²) < 4.78 is 12.0. The van der Waals surface area contributed by atoms with Gasteiger partial charge < -0.3 is 25.2 Å². The van der Waals surface area contributed by atoms with Crippen molar-refractivity contribution >= 4 is 17.4 Å². The zero-order valence-corrected chi connectivity index (χ0v) is 20.2. The Kier molecular flexibility index (Phi) is 7.17. The summed E-state index contributed by atoms with van der Waals surface area (Å²) in [5.41, 5.74) is 10.9. The maximum atomic E-state index is 9.05. The number of hydrogen-bond acceptors (Lipinski definition) is 9. The van der Waals surface area contributed by atoms with Crippen molar-refractivity contribution < 1.29 is 14.6 Å². The normalized spacial score (nSPS) is 14.9. The smallest absolute Gasteiger partial charge is 0.244 e. The summed E-state index contributed by atoms with van der Waals surface area (Å²) in [4.78, 5) is 11.1. The monoisotopic (exact) mass is 474 g/mol. The minimum Gasteiger partial charge on any atom is -0.493 e. The third-order valence-corrected chi connectivity index (χ3v) is 5.61. The largest absolute Gasteiger partial charge is 0.493 e. The lowest BCUT2D eigenvalue weighted by molar-refractivity contribution is 0.0743. The molecule has 3 N–H and O–H groups in total. The van der Waals surface area contributed by atoms with Crippen molar-refractivity contribution in [2.75, 3.05) is 40.1 Å². The first-order valence-electron chi connectivity index (χ1n) is 11.3. The van der Waals surface area contributed by atoms with E-state index >= 15 is 0 Å². The topological polar surface area (TPSA) is 109 Å². The summed E-state index contributed by atoms with van der Waals surface area (Å²) in [6.45, 7) is 4.55. The number of aromatic nitrogens is 2. The number of nitrogens with zero attached hydrogens (tertiary/aromatic N) is 5. The highest BCUT2D eigenvalue weighted by Crippen LogP contribution is 2.33. The average molecular weight is 475 g/mol. The van der Waals surface area contributed by atoms with Crippen LogP contribution in [-0.4, -0.2) is 65.2 Å². The number of aliphatic hydroxyl groups excluding tert-OH is 1. The predicted octanol–water partition coefficient (Wildman–Crippen LogP) is 3.34. The van der Waals surface area contributed by atoms with E-state index in [0.717, 1.165) is 16.8 Å². The fourth-order valence-electron chi connectivity index (χ4n) is 3.59. The van der Waals surface area contributed by atoms with E-state index in [1.54, 1.807) is 18.3 Å². The third kappa shape index (κ3) is 5.20. The molecule has 1 aliphatic heterocycles. The molecule has 1 aromatic heterocycles. The highest BCUT2D eigenvalue weighted by molar-refractivity contribution is 5.97. The molecule has 182 valence electrons. The number of benzene rings is 2. The van der Waals surface area contributed by atoms with Crippen molar-refractivity contribution in [3.63, 3.8) is 0 Å². The van der Waals surface area contributed by atoms with Gasteiger partial charge in [-0.25, -0.2) is 9.97 Å². The lowest BCUT2D eigenvalue weighted by Crippen LogP contribution is -2.20. The maximum absolute atomic E-state index is 9.05.